The van der Waals surface area contributed by atoms with Gasteiger partial charge in [-0.1, -0.05) is 19.1 Å². The van der Waals surface area contributed by atoms with Crippen LogP contribution in [0.15, 0.2) is 24.3 Å². The Morgan fingerprint density at radius 3 is 2.25 bits per heavy atom. The molecule has 1 aliphatic heterocycles. The van der Waals surface area contributed by atoms with Crippen molar-refractivity contribution >= 4 is 5.69 Å². The molecule has 7 nitrogen and oxygen atoms in total. The summed E-state index contributed by atoms with van der Waals surface area (Å²) in [5.41, 5.74) is 2.41. The Labute approximate surface area is 169 Å². The lowest BCUT2D eigenvalue weighted by atomic mass is 9.99. The normalized spacial score (nSPS) is 21.5. The first-order chi connectivity index (χ1) is 13.4. The van der Waals surface area contributed by atoms with Gasteiger partial charge in [0.1, 0.15) is 26.2 Å². The summed E-state index contributed by atoms with van der Waals surface area (Å²) in [5.74, 6) is 0.986. The van der Waals surface area contributed by atoms with Crippen LogP contribution in [0.5, 0.6) is 0 Å². The van der Waals surface area contributed by atoms with Crippen LogP contribution in [0.2, 0.25) is 0 Å². The van der Waals surface area contributed by atoms with E-state index in [2.05, 4.69) is 91.2 Å². The molecule has 154 valence electrons. The quantitative estimate of drug-likeness (QED) is 0.690. The van der Waals surface area contributed by atoms with Crippen LogP contribution in [0.1, 0.15) is 51.5 Å². The maximum atomic E-state index is 4.54. The number of anilines is 1. The topological polar surface area (TPSA) is 55.7 Å². The van der Waals surface area contributed by atoms with Gasteiger partial charge in [-0.15, -0.1) is 5.10 Å². The van der Waals surface area contributed by atoms with Crippen LogP contribution in [0.3, 0.4) is 0 Å². The van der Waals surface area contributed by atoms with Crippen LogP contribution < -0.4 is 14.7 Å². The molecule has 0 unspecified atom stereocenters. The van der Waals surface area contributed by atoms with Crippen LogP contribution in [0.25, 0.3) is 0 Å². The Balaban J connectivity index is 2.00. The highest BCUT2D eigenvalue weighted by atomic mass is 15.6. The van der Waals surface area contributed by atoms with Gasteiger partial charge in [0, 0.05) is 25.3 Å². The van der Waals surface area contributed by atoms with E-state index < -0.39 is 0 Å². The first-order valence-corrected chi connectivity index (χ1v) is 10.6. The van der Waals surface area contributed by atoms with Crippen molar-refractivity contribution in [2.24, 2.45) is 0 Å². The number of benzene rings is 1. The minimum absolute atomic E-state index is 0.101. The van der Waals surface area contributed by atoms with E-state index in [1.54, 1.807) is 9.80 Å². The van der Waals surface area contributed by atoms with Gasteiger partial charge in [-0.25, -0.2) is 4.68 Å². The number of aromatic nitrogens is 4. The lowest BCUT2D eigenvalue weighted by Crippen LogP contribution is -3.28. The molecule has 1 aromatic heterocycles. The zero-order valence-electron chi connectivity index (χ0n) is 18.4. The Morgan fingerprint density at radius 2 is 1.71 bits per heavy atom. The van der Waals surface area contributed by atoms with Crippen molar-refractivity contribution in [3.63, 3.8) is 0 Å². The van der Waals surface area contributed by atoms with Gasteiger partial charge < -0.3 is 14.7 Å². The minimum atomic E-state index is -0.101. The average molecular weight is 388 g/mol. The third-order valence-electron chi connectivity index (χ3n) is 6.44. The number of quaternary nitrogens is 2. The molecule has 1 aliphatic rings. The molecule has 0 spiro atoms. The van der Waals surface area contributed by atoms with Crippen molar-refractivity contribution in [2.45, 2.75) is 45.7 Å². The average Bonchev–Trinajstić information content (AvgIpc) is 3.19. The fraction of sp³-hybridized carbons (Fsp3) is 0.667. The van der Waals surface area contributed by atoms with Gasteiger partial charge in [-0.2, -0.15) is 0 Å². The molecule has 28 heavy (non-hydrogen) atoms. The highest BCUT2D eigenvalue weighted by Gasteiger charge is 2.37. The monoisotopic (exact) mass is 387 g/mol. The fourth-order valence-corrected chi connectivity index (χ4v) is 4.05. The van der Waals surface area contributed by atoms with E-state index in [0.29, 0.717) is 0 Å². The van der Waals surface area contributed by atoms with Gasteiger partial charge in [0.2, 0.25) is 5.82 Å². The smallest absolute Gasteiger partial charge is 0.214 e. The zero-order chi connectivity index (χ0) is 20.3. The molecule has 1 atom stereocenters. The second-order valence-corrected chi connectivity index (χ2v) is 8.80. The molecule has 2 heterocycles. The second-order valence-electron chi connectivity index (χ2n) is 8.80. The van der Waals surface area contributed by atoms with Gasteiger partial charge in [0.05, 0.1) is 12.1 Å². The first kappa shape index (κ1) is 20.7. The van der Waals surface area contributed by atoms with Crippen molar-refractivity contribution in [3.8, 4) is 0 Å². The molecule has 0 radical (unpaired) electrons. The number of nitrogens with zero attached hydrogens (tertiary/aromatic N) is 5. The Morgan fingerprint density at radius 1 is 1.07 bits per heavy atom. The number of nitrogens with one attached hydrogen (secondary N) is 2. The summed E-state index contributed by atoms with van der Waals surface area (Å²) < 4.78 is 2.06. The van der Waals surface area contributed by atoms with Crippen LogP contribution >= 0.6 is 0 Å². The SMILES string of the molecule is CC[NH+]1CC[NH+]([C@H](c2ccc(N(C)C)cc2)c2nnnn2C(C)(C)CC)CC1. The van der Waals surface area contributed by atoms with Gasteiger partial charge >= 0.3 is 0 Å². The molecular weight excluding hydrogens is 350 g/mol. The molecule has 0 aliphatic carbocycles. The molecule has 1 saturated heterocycles. The summed E-state index contributed by atoms with van der Waals surface area (Å²) in [6.45, 7) is 14.8. The third kappa shape index (κ3) is 4.20. The standard InChI is InChI=1S/C21H35N7/c1-7-21(3,4)28-20(22-23-24-28)19(27-15-13-26(8-2)14-16-27)17-9-11-18(12-10-17)25(5)6/h9-12,19H,7-8,13-16H2,1-6H3/p+2/t19-/m1/s1. The second kappa shape index (κ2) is 8.57. The van der Waals surface area contributed by atoms with E-state index in [0.717, 1.165) is 25.3 Å². The number of hydrogen-bond acceptors (Lipinski definition) is 4. The molecule has 3 rings (SSSR count). The van der Waals surface area contributed by atoms with E-state index >= 15 is 0 Å². The van der Waals surface area contributed by atoms with E-state index in [1.807, 2.05) is 0 Å². The predicted octanol–water partition coefficient (Wildman–Crippen LogP) is -0.223. The van der Waals surface area contributed by atoms with Crippen molar-refractivity contribution in [1.29, 1.82) is 0 Å². The number of tetrazole rings is 1. The number of piperazine rings is 1. The van der Waals surface area contributed by atoms with Crippen LogP contribution in [-0.2, 0) is 5.54 Å². The van der Waals surface area contributed by atoms with Gasteiger partial charge in [-0.3, -0.25) is 0 Å². The van der Waals surface area contributed by atoms with E-state index in [9.17, 15) is 0 Å². The summed E-state index contributed by atoms with van der Waals surface area (Å²) in [6, 6.07) is 9.08. The van der Waals surface area contributed by atoms with Crippen LogP contribution in [-0.4, -0.2) is 67.0 Å². The Kier molecular flexibility index (Phi) is 6.35. The number of hydrogen-bond donors (Lipinski definition) is 2. The Hall–Kier alpha value is -1.99. The highest BCUT2D eigenvalue weighted by molar-refractivity contribution is 5.46. The van der Waals surface area contributed by atoms with E-state index in [1.165, 1.54) is 30.9 Å². The van der Waals surface area contributed by atoms with Gasteiger partial charge in [-0.05, 0) is 49.8 Å². The summed E-state index contributed by atoms with van der Waals surface area (Å²) in [7, 11) is 4.16. The van der Waals surface area contributed by atoms with Crippen molar-refractivity contribution in [2.75, 3.05) is 51.7 Å². The molecule has 1 fully saturated rings. The van der Waals surface area contributed by atoms with Crippen LogP contribution in [0, 0.1) is 0 Å². The van der Waals surface area contributed by atoms with Crippen LogP contribution in [0.4, 0.5) is 5.69 Å². The molecule has 1 aromatic carbocycles. The summed E-state index contributed by atoms with van der Waals surface area (Å²) >= 11 is 0. The number of likely N-dealkylation sites (N-methyl/N-ethyl adjacent to an activating group) is 1. The van der Waals surface area contributed by atoms with Gasteiger partial charge in [0.25, 0.3) is 0 Å². The molecule has 0 bridgehead atoms. The van der Waals surface area contributed by atoms with Crippen molar-refractivity contribution in [3.05, 3.63) is 35.7 Å². The minimum Gasteiger partial charge on any atom is -0.378 e. The summed E-state index contributed by atoms with van der Waals surface area (Å²) in [5, 5.41) is 13.0. The lowest BCUT2D eigenvalue weighted by Gasteiger charge is -2.35. The predicted molar refractivity (Wildman–Crippen MR) is 112 cm³/mol. The fourth-order valence-electron chi connectivity index (χ4n) is 4.05. The maximum Gasteiger partial charge on any atom is 0.214 e. The Bertz CT molecular complexity index is 742. The number of rotatable bonds is 7. The molecule has 7 heteroatoms. The van der Waals surface area contributed by atoms with Gasteiger partial charge in [0.15, 0.2) is 6.04 Å². The van der Waals surface area contributed by atoms with Crippen molar-refractivity contribution in [1.82, 2.24) is 20.2 Å². The lowest BCUT2D eigenvalue weighted by molar-refractivity contribution is -1.02. The van der Waals surface area contributed by atoms with E-state index in [-0.39, 0.29) is 11.6 Å². The highest BCUT2D eigenvalue weighted by Crippen LogP contribution is 2.25. The summed E-state index contributed by atoms with van der Waals surface area (Å²) in [4.78, 5) is 5.40. The largest absolute Gasteiger partial charge is 0.378 e. The summed E-state index contributed by atoms with van der Waals surface area (Å²) in [6.07, 6.45) is 0.987. The molecule has 2 N–H and O–H groups in total. The third-order valence-corrected chi connectivity index (χ3v) is 6.44. The van der Waals surface area contributed by atoms with E-state index in [4.69, 9.17) is 0 Å². The molecule has 0 saturated carbocycles. The molecule has 0 amide bonds. The molecule has 2 aromatic rings. The first-order valence-electron chi connectivity index (χ1n) is 10.6. The van der Waals surface area contributed by atoms with Crippen molar-refractivity contribution < 1.29 is 9.80 Å². The maximum absolute atomic E-state index is 4.54. The zero-order valence-corrected chi connectivity index (χ0v) is 18.4. The molecular formula is C21H37N7+2.